The fourth-order valence-corrected chi connectivity index (χ4v) is 5.00. The van der Waals surface area contributed by atoms with E-state index in [9.17, 15) is 14.4 Å². The summed E-state index contributed by atoms with van der Waals surface area (Å²) in [6, 6.07) is 34.1. The first kappa shape index (κ1) is 26.9. The van der Waals surface area contributed by atoms with Crippen LogP contribution in [0.5, 0.6) is 0 Å². The summed E-state index contributed by atoms with van der Waals surface area (Å²) in [5.74, 6) is -2.25. The van der Waals surface area contributed by atoms with Gasteiger partial charge in [0.2, 0.25) is 0 Å². The van der Waals surface area contributed by atoms with Gasteiger partial charge in [0.15, 0.2) is 0 Å². The number of carbonyl (C=O) groups is 3. The molecular weight excluding hydrogens is 568 g/mol. The average Bonchev–Trinajstić information content (AvgIpc) is 3.31. The number of amides is 3. The van der Waals surface area contributed by atoms with E-state index in [0.29, 0.717) is 11.2 Å². The molecular formula is C32H27BrN4O3. The van der Waals surface area contributed by atoms with Crippen molar-refractivity contribution in [2.24, 2.45) is 0 Å². The molecule has 40 heavy (non-hydrogen) atoms. The minimum absolute atomic E-state index is 0.139. The number of aryl methyl sites for hydroxylation is 1. The molecule has 0 fully saturated rings. The number of aromatic nitrogens is 1. The number of fused-ring (bicyclic) bond motifs is 1. The predicted molar refractivity (Wildman–Crippen MR) is 161 cm³/mol. The number of benzene rings is 4. The molecule has 0 atom stereocenters. The summed E-state index contributed by atoms with van der Waals surface area (Å²) in [5.41, 5.74) is 7.04. The van der Waals surface area contributed by atoms with Crippen LogP contribution >= 0.6 is 15.9 Å². The maximum Gasteiger partial charge on any atom is 0.328 e. The smallest absolute Gasteiger partial charge is 0.328 e. The third kappa shape index (κ3) is 6.13. The van der Waals surface area contributed by atoms with Gasteiger partial charge in [-0.05, 0) is 60.0 Å². The van der Waals surface area contributed by atoms with Crippen LogP contribution in [-0.2, 0) is 9.59 Å². The topological polar surface area (TPSA) is 92.2 Å². The van der Waals surface area contributed by atoms with Crippen LogP contribution in [-0.4, -0.2) is 28.9 Å². The number of nitrogens with zero attached hydrogens (tertiary/aromatic N) is 1. The Morgan fingerprint density at radius 3 is 2.10 bits per heavy atom. The van der Waals surface area contributed by atoms with Gasteiger partial charge in [-0.15, -0.1) is 0 Å². The SMILES string of the molecule is Cc1cccc(NC(=O)c2cc3cc(Br)ccc3n2NC(=O)C(=O)NCC(c2ccccc2)c2ccccc2)c1. The maximum atomic E-state index is 13.3. The van der Waals surface area contributed by atoms with E-state index >= 15 is 0 Å². The predicted octanol–water partition coefficient (Wildman–Crippen LogP) is 5.98. The molecule has 0 aliphatic carbocycles. The van der Waals surface area contributed by atoms with Crippen molar-refractivity contribution < 1.29 is 14.4 Å². The lowest BCUT2D eigenvalue weighted by atomic mass is 9.91. The first-order valence-electron chi connectivity index (χ1n) is 12.8. The van der Waals surface area contributed by atoms with E-state index < -0.39 is 17.7 Å². The Balaban J connectivity index is 1.37. The minimum atomic E-state index is -0.884. The van der Waals surface area contributed by atoms with E-state index in [1.807, 2.05) is 91.9 Å². The highest BCUT2D eigenvalue weighted by Gasteiger charge is 2.23. The zero-order chi connectivity index (χ0) is 28.1. The molecule has 3 amide bonds. The van der Waals surface area contributed by atoms with Crippen LogP contribution in [0.1, 0.15) is 33.1 Å². The van der Waals surface area contributed by atoms with Gasteiger partial charge in [0.25, 0.3) is 5.91 Å². The molecule has 0 unspecified atom stereocenters. The lowest BCUT2D eigenvalue weighted by Gasteiger charge is -2.19. The molecule has 3 N–H and O–H groups in total. The molecule has 200 valence electrons. The fourth-order valence-electron chi connectivity index (χ4n) is 4.62. The number of nitrogens with one attached hydrogen (secondary N) is 3. The molecule has 8 heteroatoms. The highest BCUT2D eigenvalue weighted by molar-refractivity contribution is 9.10. The number of hydrogen-bond donors (Lipinski definition) is 3. The van der Waals surface area contributed by atoms with Gasteiger partial charge in [0, 0.05) is 28.0 Å². The monoisotopic (exact) mass is 594 g/mol. The molecule has 4 aromatic carbocycles. The van der Waals surface area contributed by atoms with Crippen LogP contribution in [0.3, 0.4) is 0 Å². The zero-order valence-corrected chi connectivity index (χ0v) is 23.3. The highest BCUT2D eigenvalue weighted by Crippen LogP contribution is 2.25. The van der Waals surface area contributed by atoms with Gasteiger partial charge in [0.1, 0.15) is 5.69 Å². The Morgan fingerprint density at radius 1 is 0.775 bits per heavy atom. The van der Waals surface area contributed by atoms with E-state index in [-0.39, 0.29) is 18.2 Å². The largest absolute Gasteiger partial charge is 0.347 e. The van der Waals surface area contributed by atoms with Crippen LogP contribution < -0.4 is 16.1 Å². The summed E-state index contributed by atoms with van der Waals surface area (Å²) in [6.45, 7) is 2.16. The Kier molecular flexibility index (Phi) is 8.07. The molecule has 0 saturated carbocycles. The van der Waals surface area contributed by atoms with Gasteiger partial charge in [-0.2, -0.15) is 0 Å². The lowest BCUT2D eigenvalue weighted by molar-refractivity contribution is -0.136. The number of halogens is 1. The molecule has 0 radical (unpaired) electrons. The van der Waals surface area contributed by atoms with Crippen molar-refractivity contribution in [1.29, 1.82) is 0 Å². The first-order chi connectivity index (χ1) is 19.4. The second kappa shape index (κ2) is 12.0. The number of rotatable bonds is 7. The molecule has 0 aliphatic heterocycles. The van der Waals surface area contributed by atoms with Gasteiger partial charge in [0.05, 0.1) is 5.52 Å². The van der Waals surface area contributed by atoms with Crippen molar-refractivity contribution in [3.05, 3.63) is 136 Å². The summed E-state index contributed by atoms with van der Waals surface area (Å²) in [4.78, 5) is 39.4. The van der Waals surface area contributed by atoms with Crippen molar-refractivity contribution in [3.63, 3.8) is 0 Å². The van der Waals surface area contributed by atoms with Gasteiger partial charge in [-0.1, -0.05) is 88.7 Å². The van der Waals surface area contributed by atoms with Crippen molar-refractivity contribution in [2.45, 2.75) is 12.8 Å². The molecule has 7 nitrogen and oxygen atoms in total. The van der Waals surface area contributed by atoms with Crippen LogP contribution in [0.15, 0.2) is 114 Å². The molecule has 5 rings (SSSR count). The Labute approximate surface area is 240 Å². The van der Waals surface area contributed by atoms with E-state index in [4.69, 9.17) is 0 Å². The number of hydrogen-bond acceptors (Lipinski definition) is 3. The molecule has 0 aliphatic rings. The van der Waals surface area contributed by atoms with Crippen LogP contribution in [0.2, 0.25) is 0 Å². The standard InChI is InChI=1S/C32H27BrN4O3/c1-21-9-8-14-26(17-21)35-30(38)29-19-24-18-25(33)15-16-28(24)37(29)36-32(40)31(39)34-20-27(22-10-4-2-5-11-22)23-12-6-3-7-13-23/h2-19,27H,20H2,1H3,(H,34,39)(H,35,38)(H,36,40). The second-order valence-corrected chi connectivity index (χ2v) is 10.3. The van der Waals surface area contributed by atoms with Crippen molar-refractivity contribution >= 4 is 50.2 Å². The lowest BCUT2D eigenvalue weighted by Crippen LogP contribution is -2.41. The normalized spacial score (nSPS) is 10.9. The summed E-state index contributed by atoms with van der Waals surface area (Å²) in [6.07, 6.45) is 0. The molecule has 0 bridgehead atoms. The first-order valence-corrected chi connectivity index (χ1v) is 13.6. The van der Waals surface area contributed by atoms with E-state index in [0.717, 1.165) is 26.5 Å². The molecule has 1 heterocycles. The summed E-state index contributed by atoms with van der Waals surface area (Å²) >= 11 is 3.45. The second-order valence-electron chi connectivity index (χ2n) is 9.42. The Morgan fingerprint density at radius 2 is 1.45 bits per heavy atom. The van der Waals surface area contributed by atoms with Crippen LogP contribution in [0.25, 0.3) is 10.9 Å². The minimum Gasteiger partial charge on any atom is -0.347 e. The van der Waals surface area contributed by atoms with Gasteiger partial charge in [-0.3, -0.25) is 19.8 Å². The fraction of sp³-hybridized carbons (Fsp3) is 0.0938. The third-order valence-corrected chi connectivity index (χ3v) is 7.06. The van der Waals surface area contributed by atoms with Crippen molar-refractivity contribution in [1.82, 2.24) is 9.99 Å². The van der Waals surface area contributed by atoms with Gasteiger partial charge in [-0.25, -0.2) is 4.68 Å². The number of anilines is 1. The summed E-state index contributed by atoms with van der Waals surface area (Å²) in [7, 11) is 0. The Hall–Kier alpha value is -4.69. The van der Waals surface area contributed by atoms with E-state index in [1.54, 1.807) is 24.3 Å². The molecule has 5 aromatic rings. The summed E-state index contributed by atoms with van der Waals surface area (Å²) in [5, 5.41) is 6.36. The quantitative estimate of drug-likeness (QED) is 0.202. The van der Waals surface area contributed by atoms with Crippen molar-refractivity contribution in [2.75, 3.05) is 17.3 Å². The van der Waals surface area contributed by atoms with Gasteiger partial charge < -0.3 is 10.6 Å². The maximum absolute atomic E-state index is 13.3. The third-order valence-electron chi connectivity index (χ3n) is 6.56. The molecule has 0 saturated heterocycles. The molecule has 0 spiro atoms. The van der Waals surface area contributed by atoms with Crippen LogP contribution in [0, 0.1) is 6.92 Å². The summed E-state index contributed by atoms with van der Waals surface area (Å²) < 4.78 is 2.17. The van der Waals surface area contributed by atoms with Gasteiger partial charge >= 0.3 is 11.8 Å². The van der Waals surface area contributed by atoms with Crippen LogP contribution in [0.4, 0.5) is 5.69 Å². The molecule has 1 aromatic heterocycles. The van der Waals surface area contributed by atoms with E-state index in [2.05, 4.69) is 32.0 Å². The van der Waals surface area contributed by atoms with Crippen molar-refractivity contribution in [3.8, 4) is 0 Å². The Bertz CT molecular complexity index is 1640. The highest BCUT2D eigenvalue weighted by atomic mass is 79.9. The number of carbonyl (C=O) groups excluding carboxylic acids is 3. The van der Waals surface area contributed by atoms with E-state index in [1.165, 1.54) is 4.68 Å². The zero-order valence-electron chi connectivity index (χ0n) is 21.7. The average molecular weight is 595 g/mol.